The third kappa shape index (κ3) is 3.24. The Morgan fingerprint density at radius 2 is 1.95 bits per heavy atom. The van der Waals surface area contributed by atoms with Crippen LogP contribution in [0.5, 0.6) is 0 Å². The number of nitrogens with zero attached hydrogens (tertiary/aromatic N) is 1. The third-order valence-corrected chi connectivity index (χ3v) is 4.96. The van der Waals surface area contributed by atoms with Crippen molar-refractivity contribution in [1.82, 2.24) is 10.2 Å². The Kier molecular flexibility index (Phi) is 5.62. The van der Waals surface area contributed by atoms with E-state index in [2.05, 4.69) is 62.3 Å². The second kappa shape index (κ2) is 7.24. The van der Waals surface area contributed by atoms with Gasteiger partial charge >= 0.3 is 0 Å². The Balaban J connectivity index is 2.13. The van der Waals surface area contributed by atoms with Gasteiger partial charge in [-0.15, -0.1) is 0 Å². The van der Waals surface area contributed by atoms with Crippen LogP contribution in [0.1, 0.15) is 57.2 Å². The summed E-state index contributed by atoms with van der Waals surface area (Å²) >= 11 is 0. The Morgan fingerprint density at radius 3 is 2.50 bits per heavy atom. The molecule has 1 N–H and O–H groups in total. The van der Waals surface area contributed by atoms with Crippen molar-refractivity contribution in [2.45, 2.75) is 64.6 Å². The van der Waals surface area contributed by atoms with Crippen LogP contribution in [0.3, 0.4) is 0 Å². The molecule has 2 heteroatoms. The number of likely N-dealkylation sites (N-methyl/N-ethyl adjacent to an activating group) is 1. The van der Waals surface area contributed by atoms with Crippen LogP contribution >= 0.6 is 0 Å². The van der Waals surface area contributed by atoms with Gasteiger partial charge in [-0.1, -0.05) is 38.1 Å². The first-order chi connectivity index (χ1) is 9.71. The number of nitrogens with one attached hydrogen (secondary N) is 1. The van der Waals surface area contributed by atoms with Crippen molar-refractivity contribution in [3.63, 3.8) is 0 Å². The predicted molar refractivity (Wildman–Crippen MR) is 87.1 cm³/mol. The SMILES string of the molecule is CCc1ccc(C(NC)C(C)N2CCCC2CC)cc1. The molecule has 0 spiro atoms. The third-order valence-electron chi connectivity index (χ3n) is 4.96. The lowest BCUT2D eigenvalue weighted by Crippen LogP contribution is -2.44. The lowest BCUT2D eigenvalue weighted by Gasteiger charge is -2.36. The number of aryl methyl sites for hydroxylation is 1. The smallest absolute Gasteiger partial charge is 0.0473 e. The summed E-state index contributed by atoms with van der Waals surface area (Å²) in [4.78, 5) is 2.70. The summed E-state index contributed by atoms with van der Waals surface area (Å²) in [7, 11) is 2.09. The van der Waals surface area contributed by atoms with Crippen molar-refractivity contribution >= 4 is 0 Å². The zero-order valence-corrected chi connectivity index (χ0v) is 13.5. The Labute approximate surface area is 124 Å². The first-order valence-corrected chi connectivity index (χ1v) is 8.23. The molecule has 0 aliphatic carbocycles. The van der Waals surface area contributed by atoms with E-state index >= 15 is 0 Å². The molecule has 1 saturated heterocycles. The highest BCUT2D eigenvalue weighted by atomic mass is 15.2. The number of rotatable bonds is 6. The summed E-state index contributed by atoms with van der Waals surface area (Å²) in [6, 6.07) is 10.9. The zero-order chi connectivity index (χ0) is 14.5. The minimum atomic E-state index is 0.424. The first kappa shape index (κ1) is 15.5. The van der Waals surface area contributed by atoms with Crippen LogP contribution in [-0.4, -0.2) is 30.6 Å². The maximum atomic E-state index is 3.54. The van der Waals surface area contributed by atoms with Gasteiger partial charge < -0.3 is 5.32 Å². The topological polar surface area (TPSA) is 15.3 Å². The highest BCUT2D eigenvalue weighted by Gasteiger charge is 2.31. The van der Waals surface area contributed by atoms with E-state index in [0.717, 1.165) is 12.5 Å². The number of likely N-dealkylation sites (tertiary alicyclic amines) is 1. The first-order valence-electron chi connectivity index (χ1n) is 8.23. The van der Waals surface area contributed by atoms with Crippen molar-refractivity contribution in [2.24, 2.45) is 0 Å². The average molecular weight is 274 g/mol. The molecule has 1 aromatic carbocycles. The van der Waals surface area contributed by atoms with Gasteiger partial charge in [-0.3, -0.25) is 4.90 Å². The second-order valence-corrected chi connectivity index (χ2v) is 6.04. The van der Waals surface area contributed by atoms with Crippen LogP contribution in [0.2, 0.25) is 0 Å². The predicted octanol–water partition coefficient (Wildman–Crippen LogP) is 3.77. The number of hydrogen-bond donors (Lipinski definition) is 1. The fraction of sp³-hybridized carbons (Fsp3) is 0.667. The molecule has 0 bridgehead atoms. The monoisotopic (exact) mass is 274 g/mol. The molecule has 3 atom stereocenters. The fourth-order valence-electron chi connectivity index (χ4n) is 3.67. The van der Waals surface area contributed by atoms with E-state index in [9.17, 15) is 0 Å². The largest absolute Gasteiger partial charge is 0.312 e. The van der Waals surface area contributed by atoms with Crippen LogP contribution in [0, 0.1) is 0 Å². The van der Waals surface area contributed by atoms with Crippen molar-refractivity contribution in [2.75, 3.05) is 13.6 Å². The van der Waals surface area contributed by atoms with E-state index in [4.69, 9.17) is 0 Å². The Morgan fingerprint density at radius 1 is 1.25 bits per heavy atom. The van der Waals surface area contributed by atoms with E-state index in [1.54, 1.807) is 0 Å². The molecule has 3 unspecified atom stereocenters. The molecule has 1 aromatic rings. The van der Waals surface area contributed by atoms with Gasteiger partial charge in [0.25, 0.3) is 0 Å². The van der Waals surface area contributed by atoms with Gasteiger partial charge in [0.15, 0.2) is 0 Å². The molecule has 0 aromatic heterocycles. The summed E-state index contributed by atoms with van der Waals surface area (Å²) in [6.07, 6.45) is 5.11. The van der Waals surface area contributed by atoms with Gasteiger partial charge in [0, 0.05) is 18.1 Å². The summed E-state index contributed by atoms with van der Waals surface area (Å²) < 4.78 is 0. The van der Waals surface area contributed by atoms with Crippen LogP contribution in [0.4, 0.5) is 0 Å². The summed E-state index contributed by atoms with van der Waals surface area (Å²) in [5, 5.41) is 3.54. The van der Waals surface area contributed by atoms with E-state index in [-0.39, 0.29) is 0 Å². The molecule has 2 rings (SSSR count). The van der Waals surface area contributed by atoms with Gasteiger partial charge in [-0.2, -0.15) is 0 Å². The highest BCUT2D eigenvalue weighted by Crippen LogP contribution is 2.29. The zero-order valence-electron chi connectivity index (χ0n) is 13.5. The molecular weight excluding hydrogens is 244 g/mol. The van der Waals surface area contributed by atoms with Crippen molar-refractivity contribution < 1.29 is 0 Å². The minimum Gasteiger partial charge on any atom is -0.312 e. The molecule has 0 saturated carbocycles. The van der Waals surface area contributed by atoms with Crippen LogP contribution in [-0.2, 0) is 6.42 Å². The van der Waals surface area contributed by atoms with Gasteiger partial charge in [0.05, 0.1) is 0 Å². The molecule has 0 amide bonds. The van der Waals surface area contributed by atoms with E-state index in [1.165, 1.54) is 36.9 Å². The molecular formula is C18H30N2. The molecule has 1 aliphatic heterocycles. The quantitative estimate of drug-likeness (QED) is 0.849. The van der Waals surface area contributed by atoms with Crippen LogP contribution in [0.25, 0.3) is 0 Å². The second-order valence-electron chi connectivity index (χ2n) is 6.04. The average Bonchev–Trinajstić information content (AvgIpc) is 2.97. The van der Waals surface area contributed by atoms with Crippen molar-refractivity contribution in [3.8, 4) is 0 Å². The van der Waals surface area contributed by atoms with Crippen molar-refractivity contribution in [3.05, 3.63) is 35.4 Å². The molecule has 0 radical (unpaired) electrons. The standard InChI is InChI=1S/C18H30N2/c1-5-15-9-11-16(12-10-15)18(19-4)14(3)20-13-7-8-17(20)6-2/h9-12,14,17-19H,5-8,13H2,1-4H3. The Hall–Kier alpha value is -0.860. The van der Waals surface area contributed by atoms with Crippen LogP contribution in [0.15, 0.2) is 24.3 Å². The number of benzene rings is 1. The van der Waals surface area contributed by atoms with E-state index in [0.29, 0.717) is 12.1 Å². The fourth-order valence-corrected chi connectivity index (χ4v) is 3.67. The van der Waals surface area contributed by atoms with Gasteiger partial charge in [-0.05, 0) is 57.3 Å². The van der Waals surface area contributed by atoms with Gasteiger partial charge in [-0.25, -0.2) is 0 Å². The maximum Gasteiger partial charge on any atom is 0.0473 e. The molecule has 112 valence electrons. The summed E-state index contributed by atoms with van der Waals surface area (Å²) in [5.74, 6) is 0. The lowest BCUT2D eigenvalue weighted by molar-refractivity contribution is 0.154. The van der Waals surface area contributed by atoms with E-state index in [1.807, 2.05) is 0 Å². The van der Waals surface area contributed by atoms with Crippen LogP contribution < -0.4 is 5.32 Å². The summed E-state index contributed by atoms with van der Waals surface area (Å²) in [6.45, 7) is 8.16. The van der Waals surface area contributed by atoms with Crippen molar-refractivity contribution in [1.29, 1.82) is 0 Å². The molecule has 1 aliphatic rings. The normalized spacial score (nSPS) is 22.9. The van der Waals surface area contributed by atoms with Gasteiger partial charge in [0.1, 0.15) is 0 Å². The highest BCUT2D eigenvalue weighted by molar-refractivity contribution is 5.26. The van der Waals surface area contributed by atoms with Gasteiger partial charge in [0.2, 0.25) is 0 Å². The maximum absolute atomic E-state index is 3.54. The summed E-state index contributed by atoms with van der Waals surface area (Å²) in [5.41, 5.74) is 2.84. The van der Waals surface area contributed by atoms with E-state index < -0.39 is 0 Å². The minimum absolute atomic E-state index is 0.424. The lowest BCUT2D eigenvalue weighted by atomic mass is 9.97. The molecule has 1 fully saturated rings. The Bertz CT molecular complexity index is 398. The molecule has 20 heavy (non-hydrogen) atoms. The molecule has 1 heterocycles. The molecule has 2 nitrogen and oxygen atoms in total. The number of hydrogen-bond acceptors (Lipinski definition) is 2.